The van der Waals surface area contributed by atoms with E-state index in [2.05, 4.69) is 10.0 Å². The predicted octanol–water partition coefficient (Wildman–Crippen LogP) is 4.62. The summed E-state index contributed by atoms with van der Waals surface area (Å²) in [5, 5.41) is 13.5. The van der Waals surface area contributed by atoms with E-state index in [0.29, 0.717) is 5.69 Å². The number of hydrogen-bond acceptors (Lipinski definition) is 6. The number of halogens is 1. The number of hydrogen-bond donors (Lipinski definition) is 2. The number of anilines is 2. The first-order valence-electron chi connectivity index (χ1n) is 9.13. The van der Waals surface area contributed by atoms with E-state index < -0.39 is 20.9 Å². The monoisotopic (exact) mass is 475 g/mol. The normalized spacial score (nSPS) is 11.0. The number of non-ortho nitro benzene ring substituents is 1. The van der Waals surface area contributed by atoms with Crippen LogP contribution >= 0.6 is 11.6 Å². The molecule has 3 aromatic carbocycles. The molecule has 32 heavy (non-hydrogen) atoms. The van der Waals surface area contributed by atoms with Crippen LogP contribution in [0.3, 0.4) is 0 Å². The zero-order valence-corrected chi connectivity index (χ0v) is 18.5. The Morgan fingerprint density at radius 3 is 2.50 bits per heavy atom. The van der Waals surface area contributed by atoms with Crippen molar-refractivity contribution in [2.45, 2.75) is 11.8 Å². The molecule has 0 aliphatic carbocycles. The molecular weight excluding hydrogens is 458 g/mol. The number of ether oxygens (including phenoxy) is 1. The lowest BCUT2D eigenvalue weighted by atomic mass is 10.2. The van der Waals surface area contributed by atoms with Crippen molar-refractivity contribution in [3.8, 4) is 5.75 Å². The number of nitrogens with zero attached hydrogens (tertiary/aromatic N) is 1. The fraction of sp³-hybridized carbons (Fsp3) is 0.0952. The van der Waals surface area contributed by atoms with Crippen LogP contribution in [0.2, 0.25) is 5.02 Å². The molecule has 0 aliphatic heterocycles. The predicted molar refractivity (Wildman–Crippen MR) is 121 cm³/mol. The minimum Gasteiger partial charge on any atom is -0.495 e. The van der Waals surface area contributed by atoms with Gasteiger partial charge in [0.1, 0.15) is 10.6 Å². The second-order valence-corrected chi connectivity index (χ2v) is 8.77. The first kappa shape index (κ1) is 23.0. The number of aryl methyl sites for hydroxylation is 1. The van der Waals surface area contributed by atoms with Gasteiger partial charge in [-0.15, -0.1) is 0 Å². The summed E-state index contributed by atoms with van der Waals surface area (Å²) in [6.07, 6.45) is 0. The minimum absolute atomic E-state index is 0.0208. The van der Waals surface area contributed by atoms with Gasteiger partial charge >= 0.3 is 0 Å². The fourth-order valence-electron chi connectivity index (χ4n) is 2.87. The summed E-state index contributed by atoms with van der Waals surface area (Å²) in [5.74, 6) is -0.501. The molecule has 0 atom stereocenters. The van der Waals surface area contributed by atoms with E-state index in [0.717, 1.165) is 17.7 Å². The average Bonchev–Trinajstić information content (AvgIpc) is 2.73. The van der Waals surface area contributed by atoms with Crippen LogP contribution in [0.5, 0.6) is 5.75 Å². The van der Waals surface area contributed by atoms with Crippen molar-refractivity contribution in [1.29, 1.82) is 0 Å². The number of nitrogens with one attached hydrogen (secondary N) is 2. The zero-order valence-electron chi connectivity index (χ0n) is 17.0. The largest absolute Gasteiger partial charge is 0.495 e. The zero-order chi connectivity index (χ0) is 23.5. The van der Waals surface area contributed by atoms with Gasteiger partial charge in [-0.25, -0.2) is 8.42 Å². The lowest BCUT2D eigenvalue weighted by Gasteiger charge is -2.13. The quantitative estimate of drug-likeness (QED) is 0.379. The smallest absolute Gasteiger partial charge is 0.271 e. The molecule has 0 fully saturated rings. The summed E-state index contributed by atoms with van der Waals surface area (Å²) < 4.78 is 33.3. The van der Waals surface area contributed by atoms with Crippen LogP contribution in [0, 0.1) is 17.0 Å². The highest BCUT2D eigenvalue weighted by Gasteiger charge is 2.21. The topological polar surface area (TPSA) is 128 Å². The molecular formula is C21H18ClN3O6S. The third-order valence-corrected chi connectivity index (χ3v) is 6.26. The maximum absolute atomic E-state index is 12.9. The van der Waals surface area contributed by atoms with Gasteiger partial charge in [0.25, 0.3) is 21.6 Å². The second kappa shape index (κ2) is 9.25. The van der Waals surface area contributed by atoms with Gasteiger partial charge in [0.05, 0.1) is 22.7 Å². The molecule has 3 rings (SSSR count). The lowest BCUT2D eigenvalue weighted by molar-refractivity contribution is -0.384. The number of rotatable bonds is 7. The van der Waals surface area contributed by atoms with Gasteiger partial charge in [0, 0.05) is 23.4 Å². The molecule has 166 valence electrons. The molecule has 1 amide bonds. The summed E-state index contributed by atoms with van der Waals surface area (Å²) in [6.45, 7) is 1.82. The Balaban J connectivity index is 1.92. The molecule has 3 aromatic rings. The van der Waals surface area contributed by atoms with Crippen molar-refractivity contribution in [3.05, 3.63) is 86.9 Å². The molecule has 0 spiro atoms. The molecule has 0 aliphatic rings. The Morgan fingerprint density at radius 2 is 1.84 bits per heavy atom. The maximum atomic E-state index is 12.9. The number of carbonyl (C=O) groups excluding carboxylic acids is 1. The number of carbonyl (C=O) groups is 1. The standard InChI is InChI=1S/C21H18ClN3O6S/c1-13-4-3-5-15(10-13)24-32(29,30)20-11-14(6-8-17(20)22)21(26)23-18-12-16(25(27)28)7-9-19(18)31-2/h3-12,24H,1-2H3,(H,23,26). The SMILES string of the molecule is COc1ccc([N+](=O)[O-])cc1NC(=O)c1ccc(Cl)c(S(=O)(=O)Nc2cccc(C)c2)c1. The summed E-state index contributed by atoms with van der Waals surface area (Å²) in [7, 11) is -2.75. The van der Waals surface area contributed by atoms with Gasteiger partial charge in [0.15, 0.2) is 0 Å². The van der Waals surface area contributed by atoms with Gasteiger partial charge in [-0.1, -0.05) is 23.7 Å². The molecule has 0 saturated heterocycles. The van der Waals surface area contributed by atoms with Crippen molar-refractivity contribution >= 4 is 44.6 Å². The first-order chi connectivity index (χ1) is 15.1. The highest BCUT2D eigenvalue weighted by molar-refractivity contribution is 7.92. The van der Waals surface area contributed by atoms with Crippen LogP contribution in [0.1, 0.15) is 15.9 Å². The van der Waals surface area contributed by atoms with E-state index in [9.17, 15) is 23.3 Å². The van der Waals surface area contributed by atoms with Crippen molar-refractivity contribution in [2.75, 3.05) is 17.1 Å². The van der Waals surface area contributed by atoms with E-state index in [1.54, 1.807) is 18.2 Å². The molecule has 11 heteroatoms. The Morgan fingerprint density at radius 1 is 1.09 bits per heavy atom. The van der Waals surface area contributed by atoms with Crippen LogP contribution in [0.15, 0.2) is 65.6 Å². The summed E-state index contributed by atoms with van der Waals surface area (Å²) in [4.78, 5) is 22.9. The van der Waals surface area contributed by atoms with E-state index in [4.69, 9.17) is 16.3 Å². The molecule has 0 aromatic heterocycles. The van der Waals surface area contributed by atoms with E-state index in [-0.39, 0.29) is 32.6 Å². The number of benzene rings is 3. The minimum atomic E-state index is -4.10. The van der Waals surface area contributed by atoms with Gasteiger partial charge in [-0.3, -0.25) is 19.6 Å². The third-order valence-electron chi connectivity index (χ3n) is 4.40. The number of nitro benzene ring substituents is 1. The molecule has 0 unspecified atom stereocenters. The van der Waals surface area contributed by atoms with Crippen LogP contribution < -0.4 is 14.8 Å². The fourth-order valence-corrected chi connectivity index (χ4v) is 4.45. The molecule has 9 nitrogen and oxygen atoms in total. The van der Waals surface area contributed by atoms with Crippen molar-refractivity contribution in [1.82, 2.24) is 0 Å². The molecule has 0 saturated carbocycles. The van der Waals surface area contributed by atoms with Gasteiger partial charge in [0.2, 0.25) is 0 Å². The van der Waals surface area contributed by atoms with Gasteiger partial charge in [-0.05, 0) is 48.9 Å². The van der Waals surface area contributed by atoms with E-state index in [1.165, 1.54) is 31.4 Å². The second-order valence-electron chi connectivity index (χ2n) is 6.72. The molecule has 0 heterocycles. The molecule has 0 radical (unpaired) electrons. The van der Waals surface area contributed by atoms with Crippen LogP contribution in [-0.4, -0.2) is 26.4 Å². The highest BCUT2D eigenvalue weighted by atomic mass is 35.5. The first-order valence-corrected chi connectivity index (χ1v) is 11.0. The number of nitro groups is 1. The van der Waals surface area contributed by atoms with Crippen LogP contribution in [-0.2, 0) is 10.0 Å². The van der Waals surface area contributed by atoms with Crippen molar-refractivity contribution in [3.63, 3.8) is 0 Å². The van der Waals surface area contributed by atoms with Gasteiger partial charge in [-0.2, -0.15) is 0 Å². The van der Waals surface area contributed by atoms with E-state index in [1.807, 2.05) is 13.0 Å². The van der Waals surface area contributed by atoms with Crippen LogP contribution in [0.25, 0.3) is 0 Å². The van der Waals surface area contributed by atoms with Crippen molar-refractivity contribution < 1.29 is 22.9 Å². The van der Waals surface area contributed by atoms with E-state index >= 15 is 0 Å². The average molecular weight is 476 g/mol. The molecule has 2 N–H and O–H groups in total. The maximum Gasteiger partial charge on any atom is 0.271 e. The Kier molecular flexibility index (Phi) is 6.66. The Bertz CT molecular complexity index is 1310. The Hall–Kier alpha value is -3.63. The summed E-state index contributed by atoms with van der Waals surface area (Å²) >= 11 is 6.10. The third kappa shape index (κ3) is 5.16. The van der Waals surface area contributed by atoms with Crippen LogP contribution in [0.4, 0.5) is 17.1 Å². The summed E-state index contributed by atoms with van der Waals surface area (Å²) in [6, 6.07) is 14.2. The van der Waals surface area contributed by atoms with Gasteiger partial charge < -0.3 is 10.1 Å². The Labute approximate surface area is 189 Å². The summed E-state index contributed by atoms with van der Waals surface area (Å²) in [5.41, 5.74) is 0.993. The lowest BCUT2D eigenvalue weighted by Crippen LogP contribution is -2.17. The highest BCUT2D eigenvalue weighted by Crippen LogP contribution is 2.30. The number of amides is 1. The number of sulfonamides is 1. The molecule has 0 bridgehead atoms. The van der Waals surface area contributed by atoms with Crippen molar-refractivity contribution in [2.24, 2.45) is 0 Å². The number of methoxy groups -OCH3 is 1.